The molecule has 1 aliphatic heterocycles. The minimum atomic E-state index is -0.324. The molecule has 1 aliphatic rings. The highest BCUT2D eigenvalue weighted by molar-refractivity contribution is 8.06. The summed E-state index contributed by atoms with van der Waals surface area (Å²) in [4.78, 5) is 15.7. The highest BCUT2D eigenvalue weighted by Crippen LogP contribution is 2.42. The van der Waals surface area contributed by atoms with E-state index in [0.29, 0.717) is 23.6 Å². The molecule has 2 atom stereocenters. The van der Waals surface area contributed by atoms with Crippen molar-refractivity contribution in [1.82, 2.24) is 10.1 Å². The summed E-state index contributed by atoms with van der Waals surface area (Å²) in [5, 5.41) is 4.81. The third-order valence-corrected chi connectivity index (χ3v) is 6.03. The fourth-order valence-electron chi connectivity index (χ4n) is 1.93. The van der Waals surface area contributed by atoms with Gasteiger partial charge in [-0.05, 0) is 13.3 Å². The molecule has 19 heavy (non-hydrogen) atoms. The van der Waals surface area contributed by atoms with Gasteiger partial charge in [-0.25, -0.2) is 0 Å². The van der Waals surface area contributed by atoms with Crippen molar-refractivity contribution in [2.24, 2.45) is 0 Å². The van der Waals surface area contributed by atoms with Crippen LogP contribution in [0.4, 0.5) is 0 Å². The SMILES string of the molecule is CCOC(=O)Cc1nc(C2SCCSC2CC)no1. The summed E-state index contributed by atoms with van der Waals surface area (Å²) >= 11 is 3.83. The van der Waals surface area contributed by atoms with Crippen LogP contribution in [0.5, 0.6) is 0 Å². The van der Waals surface area contributed by atoms with Crippen LogP contribution in [0.2, 0.25) is 0 Å². The predicted octanol–water partition coefficient (Wildman–Crippen LogP) is 2.47. The number of hydrogen-bond acceptors (Lipinski definition) is 7. The van der Waals surface area contributed by atoms with E-state index >= 15 is 0 Å². The Balaban J connectivity index is 2.01. The number of carbonyl (C=O) groups is 1. The van der Waals surface area contributed by atoms with E-state index in [2.05, 4.69) is 17.1 Å². The lowest BCUT2D eigenvalue weighted by Crippen LogP contribution is -2.19. The van der Waals surface area contributed by atoms with E-state index in [4.69, 9.17) is 9.26 Å². The van der Waals surface area contributed by atoms with Gasteiger partial charge < -0.3 is 9.26 Å². The molecule has 106 valence electrons. The topological polar surface area (TPSA) is 65.2 Å². The average Bonchev–Trinajstić information content (AvgIpc) is 2.87. The number of esters is 1. The molecule has 0 N–H and O–H groups in total. The van der Waals surface area contributed by atoms with Crippen molar-refractivity contribution in [2.45, 2.75) is 37.2 Å². The zero-order valence-corrected chi connectivity index (χ0v) is 12.8. The standard InChI is InChI=1S/C12H18N2O3S2/c1-3-8-11(19-6-5-18-8)12-13-9(17-14-12)7-10(15)16-4-2/h8,11H,3-7H2,1-2H3. The van der Waals surface area contributed by atoms with Crippen molar-refractivity contribution in [1.29, 1.82) is 0 Å². The lowest BCUT2D eigenvalue weighted by Gasteiger charge is -2.27. The molecule has 0 aliphatic carbocycles. The molecule has 0 saturated carbocycles. The van der Waals surface area contributed by atoms with Gasteiger partial charge >= 0.3 is 5.97 Å². The Morgan fingerprint density at radius 3 is 2.95 bits per heavy atom. The lowest BCUT2D eigenvalue weighted by atomic mass is 10.2. The molecule has 0 amide bonds. The van der Waals surface area contributed by atoms with Gasteiger partial charge in [0.25, 0.3) is 0 Å². The predicted molar refractivity (Wildman–Crippen MR) is 76.4 cm³/mol. The smallest absolute Gasteiger partial charge is 0.315 e. The zero-order valence-electron chi connectivity index (χ0n) is 11.1. The van der Waals surface area contributed by atoms with Crippen molar-refractivity contribution in [3.8, 4) is 0 Å². The van der Waals surface area contributed by atoms with Gasteiger partial charge in [0, 0.05) is 16.8 Å². The molecule has 0 radical (unpaired) electrons. The Morgan fingerprint density at radius 1 is 1.42 bits per heavy atom. The van der Waals surface area contributed by atoms with Gasteiger partial charge in [0.15, 0.2) is 5.82 Å². The Morgan fingerprint density at radius 2 is 2.21 bits per heavy atom. The fraction of sp³-hybridized carbons (Fsp3) is 0.750. The number of hydrogen-bond donors (Lipinski definition) is 0. The second kappa shape index (κ2) is 7.19. The minimum Gasteiger partial charge on any atom is -0.466 e. The number of aromatic nitrogens is 2. The number of ether oxygens (including phenoxy) is 1. The van der Waals surface area contributed by atoms with Crippen LogP contribution in [0.1, 0.15) is 37.2 Å². The highest BCUT2D eigenvalue weighted by atomic mass is 32.2. The average molecular weight is 302 g/mol. The molecular weight excluding hydrogens is 284 g/mol. The van der Waals surface area contributed by atoms with E-state index in [-0.39, 0.29) is 17.6 Å². The normalized spacial score (nSPS) is 23.3. The Kier molecular flexibility index (Phi) is 5.57. The van der Waals surface area contributed by atoms with E-state index < -0.39 is 0 Å². The van der Waals surface area contributed by atoms with Crippen LogP contribution >= 0.6 is 23.5 Å². The van der Waals surface area contributed by atoms with Crippen LogP contribution in [-0.2, 0) is 16.0 Å². The summed E-state index contributed by atoms with van der Waals surface area (Å²) in [6, 6.07) is 0. The van der Waals surface area contributed by atoms with Gasteiger partial charge in [0.05, 0.1) is 11.9 Å². The van der Waals surface area contributed by atoms with Gasteiger partial charge in [0.2, 0.25) is 5.89 Å². The second-order valence-electron chi connectivity index (χ2n) is 4.14. The summed E-state index contributed by atoms with van der Waals surface area (Å²) < 4.78 is 10.0. The maximum absolute atomic E-state index is 11.4. The largest absolute Gasteiger partial charge is 0.466 e. The van der Waals surface area contributed by atoms with Gasteiger partial charge in [-0.15, -0.1) is 11.8 Å². The first kappa shape index (κ1) is 14.7. The minimum absolute atomic E-state index is 0.0577. The molecule has 2 rings (SSSR count). The van der Waals surface area contributed by atoms with Gasteiger partial charge in [0.1, 0.15) is 6.42 Å². The van der Waals surface area contributed by atoms with Crippen molar-refractivity contribution >= 4 is 29.5 Å². The van der Waals surface area contributed by atoms with Crippen LogP contribution in [0.3, 0.4) is 0 Å². The van der Waals surface area contributed by atoms with Crippen molar-refractivity contribution in [3.63, 3.8) is 0 Å². The molecule has 1 saturated heterocycles. The fourth-order valence-corrected chi connectivity index (χ4v) is 4.91. The maximum Gasteiger partial charge on any atom is 0.315 e. The molecule has 1 fully saturated rings. The first-order valence-electron chi connectivity index (χ1n) is 6.45. The number of carbonyl (C=O) groups excluding carboxylic acids is 1. The molecule has 5 nitrogen and oxygen atoms in total. The van der Waals surface area contributed by atoms with E-state index in [0.717, 1.165) is 12.2 Å². The zero-order chi connectivity index (χ0) is 13.7. The van der Waals surface area contributed by atoms with Crippen LogP contribution in [-0.4, -0.2) is 39.5 Å². The first-order chi connectivity index (χ1) is 9.24. The highest BCUT2D eigenvalue weighted by Gasteiger charge is 2.30. The second-order valence-corrected chi connectivity index (χ2v) is 6.73. The molecule has 2 heterocycles. The monoisotopic (exact) mass is 302 g/mol. The van der Waals surface area contributed by atoms with E-state index in [1.54, 1.807) is 6.92 Å². The number of thioether (sulfide) groups is 2. The van der Waals surface area contributed by atoms with Gasteiger partial charge in [-0.1, -0.05) is 12.1 Å². The van der Waals surface area contributed by atoms with E-state index in [1.807, 2.05) is 23.5 Å². The van der Waals surface area contributed by atoms with Crippen LogP contribution < -0.4 is 0 Å². The molecule has 2 unspecified atom stereocenters. The molecule has 7 heteroatoms. The summed E-state index contributed by atoms with van der Waals surface area (Å²) in [5.41, 5.74) is 0. The maximum atomic E-state index is 11.4. The molecule has 1 aromatic heterocycles. The third-order valence-electron chi connectivity index (χ3n) is 2.79. The van der Waals surface area contributed by atoms with Gasteiger partial charge in [-0.2, -0.15) is 16.7 Å². The summed E-state index contributed by atoms with van der Waals surface area (Å²) in [7, 11) is 0. The van der Waals surface area contributed by atoms with Gasteiger partial charge in [-0.3, -0.25) is 4.79 Å². The molecule has 1 aromatic rings. The van der Waals surface area contributed by atoms with Crippen LogP contribution in [0.15, 0.2) is 4.52 Å². The number of nitrogens with zero attached hydrogens (tertiary/aromatic N) is 2. The van der Waals surface area contributed by atoms with Crippen molar-refractivity contribution in [3.05, 3.63) is 11.7 Å². The number of rotatable bonds is 5. The Hall–Kier alpha value is -0.690. The quantitative estimate of drug-likeness (QED) is 0.774. The van der Waals surface area contributed by atoms with E-state index in [9.17, 15) is 4.79 Å². The summed E-state index contributed by atoms with van der Waals surface area (Å²) in [5.74, 6) is 3.01. The van der Waals surface area contributed by atoms with Crippen molar-refractivity contribution in [2.75, 3.05) is 18.1 Å². The third kappa shape index (κ3) is 3.89. The molecule has 0 bridgehead atoms. The molecule has 0 aromatic carbocycles. The molecular formula is C12H18N2O3S2. The van der Waals surface area contributed by atoms with Crippen LogP contribution in [0, 0.1) is 0 Å². The summed E-state index contributed by atoms with van der Waals surface area (Å²) in [6.45, 7) is 4.32. The Labute approximate surface area is 121 Å². The van der Waals surface area contributed by atoms with Crippen molar-refractivity contribution < 1.29 is 14.1 Å². The van der Waals surface area contributed by atoms with Crippen LogP contribution in [0.25, 0.3) is 0 Å². The summed E-state index contributed by atoms with van der Waals surface area (Å²) in [6.07, 6.45) is 1.15. The first-order valence-corrected chi connectivity index (χ1v) is 8.55. The van der Waals surface area contributed by atoms with E-state index in [1.165, 1.54) is 5.75 Å². The lowest BCUT2D eigenvalue weighted by molar-refractivity contribution is -0.142. The Bertz CT molecular complexity index is 425. The molecule has 0 spiro atoms.